The molecule has 0 aliphatic heterocycles. The first-order chi connectivity index (χ1) is 12.6. The van der Waals surface area contributed by atoms with Gasteiger partial charge in [-0.1, -0.05) is 12.1 Å². The number of aromatic nitrogens is 2. The SMILES string of the molecule is Cc1ccc(CN(CCCn2ccnc2)C(=S)Nc2ccccc2F)o1. The molecule has 1 N–H and O–H groups in total. The summed E-state index contributed by atoms with van der Waals surface area (Å²) in [6.07, 6.45) is 6.34. The van der Waals surface area contributed by atoms with Gasteiger partial charge in [-0.05, 0) is 49.8 Å². The Balaban J connectivity index is 1.66. The molecule has 1 aromatic carbocycles. The summed E-state index contributed by atoms with van der Waals surface area (Å²) in [7, 11) is 0. The number of imidazole rings is 1. The van der Waals surface area contributed by atoms with Crippen LogP contribution in [0.2, 0.25) is 0 Å². The molecule has 0 saturated heterocycles. The molecule has 2 heterocycles. The maximum Gasteiger partial charge on any atom is 0.173 e. The zero-order valence-electron chi connectivity index (χ0n) is 14.6. The summed E-state index contributed by atoms with van der Waals surface area (Å²) < 4.78 is 21.6. The van der Waals surface area contributed by atoms with Crippen LogP contribution in [0.1, 0.15) is 17.9 Å². The Morgan fingerprint density at radius 3 is 2.85 bits per heavy atom. The maximum atomic E-state index is 13.9. The molecule has 0 amide bonds. The molecular weight excluding hydrogens is 351 g/mol. The number of hydrogen-bond donors (Lipinski definition) is 1. The smallest absolute Gasteiger partial charge is 0.173 e. The van der Waals surface area contributed by atoms with Crippen molar-refractivity contribution in [2.24, 2.45) is 0 Å². The molecule has 136 valence electrons. The van der Waals surface area contributed by atoms with Crippen LogP contribution in [0.25, 0.3) is 0 Å². The molecule has 0 bridgehead atoms. The number of thiocarbonyl (C=S) groups is 1. The maximum absolute atomic E-state index is 13.9. The Labute approximate surface area is 157 Å². The lowest BCUT2D eigenvalue weighted by molar-refractivity contribution is 0.348. The molecule has 5 nitrogen and oxygen atoms in total. The third kappa shape index (κ3) is 4.92. The minimum absolute atomic E-state index is 0.331. The Bertz CT molecular complexity index is 847. The normalized spacial score (nSPS) is 10.7. The van der Waals surface area contributed by atoms with Crippen LogP contribution < -0.4 is 5.32 Å². The predicted octanol–water partition coefficient (Wildman–Crippen LogP) is 4.21. The van der Waals surface area contributed by atoms with Crippen LogP contribution in [0.4, 0.5) is 10.1 Å². The van der Waals surface area contributed by atoms with Gasteiger partial charge in [0.25, 0.3) is 0 Å². The molecule has 0 unspecified atom stereocenters. The third-order valence-electron chi connectivity index (χ3n) is 3.95. The average Bonchev–Trinajstić information content (AvgIpc) is 3.28. The van der Waals surface area contributed by atoms with E-state index < -0.39 is 0 Å². The third-order valence-corrected chi connectivity index (χ3v) is 4.31. The molecule has 0 fully saturated rings. The van der Waals surface area contributed by atoms with Crippen LogP contribution in [-0.2, 0) is 13.1 Å². The summed E-state index contributed by atoms with van der Waals surface area (Å²) >= 11 is 5.52. The summed E-state index contributed by atoms with van der Waals surface area (Å²) in [5.74, 6) is 1.34. The second kappa shape index (κ2) is 8.62. The molecule has 0 saturated carbocycles. The Morgan fingerprint density at radius 1 is 1.31 bits per heavy atom. The van der Waals surface area contributed by atoms with Crippen molar-refractivity contribution in [1.29, 1.82) is 0 Å². The van der Waals surface area contributed by atoms with E-state index in [-0.39, 0.29) is 5.82 Å². The van der Waals surface area contributed by atoms with E-state index in [1.54, 1.807) is 30.7 Å². The average molecular weight is 372 g/mol. The minimum Gasteiger partial charge on any atom is -0.464 e. The van der Waals surface area contributed by atoms with E-state index in [4.69, 9.17) is 16.6 Å². The van der Waals surface area contributed by atoms with Crippen molar-refractivity contribution < 1.29 is 8.81 Å². The van der Waals surface area contributed by atoms with Crippen LogP contribution in [0.3, 0.4) is 0 Å². The summed E-state index contributed by atoms with van der Waals surface area (Å²) in [5.41, 5.74) is 0.368. The van der Waals surface area contributed by atoms with Gasteiger partial charge in [0.1, 0.15) is 17.3 Å². The number of para-hydroxylation sites is 1. The lowest BCUT2D eigenvalue weighted by atomic mass is 10.3. The van der Waals surface area contributed by atoms with E-state index in [2.05, 4.69) is 10.3 Å². The van der Waals surface area contributed by atoms with Crippen molar-refractivity contribution >= 4 is 23.0 Å². The topological polar surface area (TPSA) is 46.2 Å². The number of nitrogens with one attached hydrogen (secondary N) is 1. The number of hydrogen-bond acceptors (Lipinski definition) is 3. The largest absolute Gasteiger partial charge is 0.464 e. The molecule has 3 rings (SSSR count). The number of nitrogens with zero attached hydrogens (tertiary/aromatic N) is 3. The molecule has 26 heavy (non-hydrogen) atoms. The summed E-state index contributed by atoms with van der Waals surface area (Å²) in [5, 5.41) is 3.47. The standard InChI is InChI=1S/C19H21FN4OS/c1-15-7-8-16(25-15)13-24(11-4-10-23-12-9-21-14-23)19(26)22-18-6-3-2-5-17(18)20/h2-3,5-9,12,14H,4,10-11,13H2,1H3,(H,22,26). The highest BCUT2D eigenvalue weighted by Crippen LogP contribution is 2.16. The molecule has 0 atom stereocenters. The molecule has 0 aliphatic rings. The van der Waals surface area contributed by atoms with E-state index >= 15 is 0 Å². The van der Waals surface area contributed by atoms with Gasteiger partial charge in [0.05, 0.1) is 18.6 Å². The first kappa shape index (κ1) is 18.1. The Kier molecular flexibility index (Phi) is 6.01. The number of aryl methyl sites for hydroxylation is 2. The quantitative estimate of drug-likeness (QED) is 0.630. The van der Waals surface area contributed by atoms with Gasteiger partial charge >= 0.3 is 0 Å². The molecule has 0 radical (unpaired) electrons. The van der Waals surface area contributed by atoms with Crippen molar-refractivity contribution in [2.75, 3.05) is 11.9 Å². The molecular formula is C19H21FN4OS. The van der Waals surface area contributed by atoms with Gasteiger partial charge in [0, 0.05) is 25.5 Å². The lowest BCUT2D eigenvalue weighted by Crippen LogP contribution is -2.35. The number of anilines is 1. The van der Waals surface area contributed by atoms with Crippen LogP contribution in [0.5, 0.6) is 0 Å². The molecule has 3 aromatic rings. The first-order valence-corrected chi connectivity index (χ1v) is 8.84. The fourth-order valence-corrected chi connectivity index (χ4v) is 2.90. The van der Waals surface area contributed by atoms with Crippen molar-refractivity contribution in [2.45, 2.75) is 26.4 Å². The summed E-state index contributed by atoms with van der Waals surface area (Å²) in [4.78, 5) is 6.03. The van der Waals surface area contributed by atoms with Gasteiger partial charge in [0.15, 0.2) is 5.11 Å². The molecule has 0 aliphatic carbocycles. The van der Waals surface area contributed by atoms with E-state index in [9.17, 15) is 4.39 Å². The number of rotatable bonds is 7. The Morgan fingerprint density at radius 2 is 2.15 bits per heavy atom. The highest BCUT2D eigenvalue weighted by molar-refractivity contribution is 7.80. The molecule has 2 aromatic heterocycles. The molecule has 7 heteroatoms. The van der Waals surface area contributed by atoms with E-state index in [1.807, 2.05) is 34.7 Å². The van der Waals surface area contributed by atoms with Gasteiger partial charge in [-0.2, -0.15) is 0 Å². The minimum atomic E-state index is -0.331. The van der Waals surface area contributed by atoms with Crippen LogP contribution in [0, 0.1) is 12.7 Å². The molecule has 0 spiro atoms. The van der Waals surface area contributed by atoms with Crippen molar-refractivity contribution in [3.63, 3.8) is 0 Å². The van der Waals surface area contributed by atoms with Crippen LogP contribution >= 0.6 is 12.2 Å². The van der Waals surface area contributed by atoms with Crippen molar-refractivity contribution in [1.82, 2.24) is 14.5 Å². The summed E-state index contributed by atoms with van der Waals surface area (Å²) in [6.45, 7) is 3.97. The van der Waals surface area contributed by atoms with E-state index in [0.29, 0.717) is 23.9 Å². The van der Waals surface area contributed by atoms with Crippen LogP contribution in [-0.4, -0.2) is 26.1 Å². The highest BCUT2D eigenvalue weighted by atomic mass is 32.1. The Hall–Kier alpha value is -2.67. The second-order valence-corrected chi connectivity index (χ2v) is 6.38. The van der Waals surface area contributed by atoms with E-state index in [0.717, 1.165) is 24.5 Å². The fourth-order valence-electron chi connectivity index (χ4n) is 2.63. The van der Waals surface area contributed by atoms with Crippen molar-refractivity contribution in [3.05, 3.63) is 72.5 Å². The zero-order chi connectivity index (χ0) is 18.4. The zero-order valence-corrected chi connectivity index (χ0v) is 15.4. The van der Waals surface area contributed by atoms with Gasteiger partial charge in [-0.15, -0.1) is 0 Å². The number of furan rings is 1. The summed E-state index contributed by atoms with van der Waals surface area (Å²) in [6, 6.07) is 10.4. The second-order valence-electron chi connectivity index (χ2n) is 6.00. The first-order valence-electron chi connectivity index (χ1n) is 8.43. The predicted molar refractivity (Wildman–Crippen MR) is 103 cm³/mol. The fraction of sp³-hybridized carbons (Fsp3) is 0.263. The van der Waals surface area contributed by atoms with Gasteiger partial charge in [-0.3, -0.25) is 0 Å². The number of benzene rings is 1. The highest BCUT2D eigenvalue weighted by Gasteiger charge is 2.14. The van der Waals surface area contributed by atoms with Crippen molar-refractivity contribution in [3.8, 4) is 0 Å². The van der Waals surface area contributed by atoms with Gasteiger partial charge in [-0.25, -0.2) is 9.37 Å². The number of halogens is 1. The van der Waals surface area contributed by atoms with Gasteiger partial charge < -0.3 is 19.2 Å². The van der Waals surface area contributed by atoms with Crippen LogP contribution in [0.15, 0.2) is 59.5 Å². The monoisotopic (exact) mass is 372 g/mol. The van der Waals surface area contributed by atoms with Gasteiger partial charge in [0.2, 0.25) is 0 Å². The van der Waals surface area contributed by atoms with E-state index in [1.165, 1.54) is 6.07 Å². The lowest BCUT2D eigenvalue weighted by Gasteiger charge is -2.25.